The monoisotopic (exact) mass is 372 g/mol. The molecule has 0 saturated carbocycles. The molecule has 0 bridgehead atoms. The Kier molecular flexibility index (Phi) is 11.6. The number of carbonyl (C=O) groups is 2. The predicted molar refractivity (Wildman–Crippen MR) is 108 cm³/mol. The van der Waals surface area contributed by atoms with Crippen molar-refractivity contribution in [1.29, 1.82) is 0 Å². The molecular formula is C23H32O4. The van der Waals surface area contributed by atoms with Crippen molar-refractivity contribution in [3.05, 3.63) is 59.2 Å². The van der Waals surface area contributed by atoms with E-state index >= 15 is 0 Å². The molecule has 0 saturated heterocycles. The van der Waals surface area contributed by atoms with E-state index < -0.39 is 0 Å². The summed E-state index contributed by atoms with van der Waals surface area (Å²) in [6.07, 6.45) is 9.28. The topological polar surface area (TPSA) is 52.6 Å². The highest BCUT2D eigenvalue weighted by Gasteiger charge is 2.15. The van der Waals surface area contributed by atoms with Crippen molar-refractivity contribution in [1.82, 2.24) is 0 Å². The van der Waals surface area contributed by atoms with Crippen molar-refractivity contribution < 1.29 is 19.1 Å². The van der Waals surface area contributed by atoms with E-state index in [4.69, 9.17) is 9.47 Å². The van der Waals surface area contributed by atoms with Crippen LogP contribution in [0.3, 0.4) is 0 Å². The zero-order valence-electron chi connectivity index (χ0n) is 16.8. The molecule has 0 unspecified atom stereocenters. The maximum absolute atomic E-state index is 12.4. The number of unbranched alkanes of at least 4 members (excludes halogenated alkanes) is 3. The van der Waals surface area contributed by atoms with Crippen LogP contribution in [0.4, 0.5) is 0 Å². The lowest BCUT2D eigenvalue weighted by atomic mass is 9.95. The van der Waals surface area contributed by atoms with E-state index in [1.807, 2.05) is 37.3 Å². The lowest BCUT2D eigenvalue weighted by Gasteiger charge is -2.12. The Bertz CT molecular complexity index is 629. The summed E-state index contributed by atoms with van der Waals surface area (Å²) in [6, 6.07) is 9.80. The number of rotatable bonds is 12. The van der Waals surface area contributed by atoms with Gasteiger partial charge in [-0.05, 0) is 30.4 Å². The molecule has 4 heteroatoms. The van der Waals surface area contributed by atoms with Crippen LogP contribution >= 0.6 is 0 Å². The minimum Gasteiger partial charge on any atom is -0.466 e. The van der Waals surface area contributed by atoms with Crippen LogP contribution in [-0.2, 0) is 25.5 Å². The van der Waals surface area contributed by atoms with Gasteiger partial charge in [0.15, 0.2) is 0 Å². The first-order chi connectivity index (χ1) is 13.1. The molecule has 0 aliphatic heterocycles. The molecule has 1 aromatic rings. The number of methoxy groups -OCH3 is 1. The van der Waals surface area contributed by atoms with Gasteiger partial charge < -0.3 is 9.47 Å². The van der Waals surface area contributed by atoms with E-state index in [0.29, 0.717) is 18.6 Å². The Hall–Kier alpha value is -2.36. The van der Waals surface area contributed by atoms with Crippen LogP contribution in [0.1, 0.15) is 57.9 Å². The first-order valence-corrected chi connectivity index (χ1v) is 9.81. The number of hydrogen-bond acceptors (Lipinski definition) is 4. The minimum absolute atomic E-state index is 0.352. The van der Waals surface area contributed by atoms with Gasteiger partial charge in [0.2, 0.25) is 0 Å². The Labute approximate surface area is 163 Å². The fourth-order valence-electron chi connectivity index (χ4n) is 2.67. The van der Waals surface area contributed by atoms with Gasteiger partial charge in [-0.1, -0.05) is 69.5 Å². The van der Waals surface area contributed by atoms with E-state index in [-0.39, 0.29) is 11.9 Å². The summed E-state index contributed by atoms with van der Waals surface area (Å²) in [5.41, 5.74) is 2.47. The number of benzene rings is 1. The van der Waals surface area contributed by atoms with Gasteiger partial charge in [-0.2, -0.15) is 0 Å². The zero-order chi connectivity index (χ0) is 19.9. The van der Waals surface area contributed by atoms with Crippen LogP contribution in [0.5, 0.6) is 0 Å². The molecule has 0 aliphatic carbocycles. The van der Waals surface area contributed by atoms with E-state index in [1.165, 1.54) is 13.2 Å². The Balaban J connectivity index is 3.06. The first kappa shape index (κ1) is 22.7. The Morgan fingerprint density at radius 2 is 1.67 bits per heavy atom. The minimum atomic E-state index is -0.375. The summed E-state index contributed by atoms with van der Waals surface area (Å²) in [6.45, 7) is 4.60. The third kappa shape index (κ3) is 9.23. The van der Waals surface area contributed by atoms with Crippen molar-refractivity contribution in [3.63, 3.8) is 0 Å². The maximum Gasteiger partial charge on any atom is 0.334 e. The molecule has 0 heterocycles. The van der Waals surface area contributed by atoms with Crippen LogP contribution in [0.15, 0.2) is 53.6 Å². The molecule has 148 valence electrons. The second-order valence-electron chi connectivity index (χ2n) is 6.47. The molecular weight excluding hydrogens is 340 g/mol. The summed E-state index contributed by atoms with van der Waals surface area (Å²) in [4.78, 5) is 24.3. The predicted octanol–water partition coefficient (Wildman–Crippen LogP) is 5.18. The van der Waals surface area contributed by atoms with E-state index in [1.54, 1.807) is 6.08 Å². The Morgan fingerprint density at radius 3 is 2.30 bits per heavy atom. The highest BCUT2D eigenvalue weighted by atomic mass is 16.5. The summed E-state index contributed by atoms with van der Waals surface area (Å²) >= 11 is 0. The molecule has 0 spiro atoms. The summed E-state index contributed by atoms with van der Waals surface area (Å²) < 4.78 is 10.2. The van der Waals surface area contributed by atoms with Crippen LogP contribution in [0.25, 0.3) is 0 Å². The van der Waals surface area contributed by atoms with Crippen molar-refractivity contribution in [2.75, 3.05) is 13.7 Å². The second-order valence-corrected chi connectivity index (χ2v) is 6.47. The van der Waals surface area contributed by atoms with Crippen LogP contribution in [0, 0.1) is 0 Å². The third-order valence-electron chi connectivity index (χ3n) is 4.26. The fraction of sp³-hybridized carbons (Fsp3) is 0.478. The molecule has 0 N–H and O–H groups in total. The lowest BCUT2D eigenvalue weighted by molar-refractivity contribution is -0.138. The quantitative estimate of drug-likeness (QED) is 0.220. The molecule has 0 aliphatic rings. The van der Waals surface area contributed by atoms with Crippen molar-refractivity contribution in [2.45, 2.75) is 58.8 Å². The molecule has 1 aromatic carbocycles. The van der Waals surface area contributed by atoms with Crippen molar-refractivity contribution in [3.8, 4) is 0 Å². The molecule has 27 heavy (non-hydrogen) atoms. The van der Waals surface area contributed by atoms with Crippen molar-refractivity contribution in [2.24, 2.45) is 0 Å². The molecule has 0 aromatic heterocycles. The first-order valence-electron chi connectivity index (χ1n) is 9.81. The van der Waals surface area contributed by atoms with E-state index in [9.17, 15) is 9.59 Å². The number of ether oxygens (including phenoxy) is 2. The van der Waals surface area contributed by atoms with Gasteiger partial charge in [-0.3, -0.25) is 0 Å². The third-order valence-corrected chi connectivity index (χ3v) is 4.26. The highest BCUT2D eigenvalue weighted by Crippen LogP contribution is 2.20. The number of carbonyl (C=O) groups excluding carboxylic acids is 2. The zero-order valence-corrected chi connectivity index (χ0v) is 16.8. The van der Waals surface area contributed by atoms with Gasteiger partial charge in [0.1, 0.15) is 0 Å². The molecule has 1 rings (SSSR count). The smallest absolute Gasteiger partial charge is 0.334 e. The van der Waals surface area contributed by atoms with Crippen LogP contribution < -0.4 is 0 Å². The average molecular weight is 373 g/mol. The van der Waals surface area contributed by atoms with Crippen LogP contribution in [0.2, 0.25) is 0 Å². The maximum atomic E-state index is 12.4. The highest BCUT2D eigenvalue weighted by molar-refractivity contribution is 5.91. The largest absolute Gasteiger partial charge is 0.466 e. The molecule has 0 fully saturated rings. The standard InChI is InChI=1S/C23H32O4/c1-4-6-9-14-20(15-16-22(24)27-17-7-5-2)21(23(25)26-3)18-19-12-10-8-11-13-19/h8,10-13,15-16H,4-7,9,14,17-18H2,1-3H3/b16-15+,21-20+. The normalized spacial score (nSPS) is 12.0. The van der Waals surface area contributed by atoms with E-state index in [2.05, 4.69) is 6.92 Å². The van der Waals surface area contributed by atoms with Crippen molar-refractivity contribution >= 4 is 11.9 Å². The Morgan fingerprint density at radius 1 is 0.963 bits per heavy atom. The van der Waals surface area contributed by atoms with Crippen LogP contribution in [-0.4, -0.2) is 25.7 Å². The van der Waals surface area contributed by atoms with Gasteiger partial charge in [0, 0.05) is 18.1 Å². The molecule has 0 atom stereocenters. The molecule has 0 radical (unpaired) electrons. The van der Waals surface area contributed by atoms with E-state index in [0.717, 1.165) is 49.7 Å². The van der Waals surface area contributed by atoms with Gasteiger partial charge >= 0.3 is 11.9 Å². The number of allylic oxidation sites excluding steroid dienone is 2. The fourth-order valence-corrected chi connectivity index (χ4v) is 2.67. The summed E-state index contributed by atoms with van der Waals surface area (Å²) in [5.74, 6) is -0.727. The SMILES string of the molecule is CCCCCC(/C=C/C(=O)OCCCC)=C(/Cc1ccccc1)C(=O)OC. The lowest BCUT2D eigenvalue weighted by Crippen LogP contribution is -2.11. The average Bonchev–Trinajstić information content (AvgIpc) is 2.69. The molecule has 0 amide bonds. The van der Waals surface area contributed by atoms with Gasteiger partial charge in [-0.25, -0.2) is 9.59 Å². The van der Waals surface area contributed by atoms with Gasteiger partial charge in [0.25, 0.3) is 0 Å². The number of hydrogen-bond donors (Lipinski definition) is 0. The molecule has 4 nitrogen and oxygen atoms in total. The van der Waals surface area contributed by atoms with Gasteiger partial charge in [0.05, 0.1) is 13.7 Å². The number of esters is 2. The summed E-state index contributed by atoms with van der Waals surface area (Å²) in [5, 5.41) is 0. The second kappa shape index (κ2) is 13.8. The summed E-state index contributed by atoms with van der Waals surface area (Å²) in [7, 11) is 1.39. The van der Waals surface area contributed by atoms with Gasteiger partial charge in [-0.15, -0.1) is 0 Å².